The van der Waals surface area contributed by atoms with E-state index >= 15 is 0 Å². The molecule has 0 aliphatic heterocycles. The molecule has 0 radical (unpaired) electrons. The molecule has 0 unspecified atom stereocenters. The lowest BCUT2D eigenvalue weighted by Gasteiger charge is -2.05. The second-order valence-electron chi connectivity index (χ2n) is 4.50. The lowest BCUT2D eigenvalue weighted by atomic mass is 10.2. The molecule has 24 heavy (non-hydrogen) atoms. The SMILES string of the molecule is O=C(COc1cccc(Br)c1)N/N=C/c1cc([N+](=O)[O-])ccc1Cl. The summed E-state index contributed by atoms with van der Waals surface area (Å²) in [6, 6.07) is 11.0. The van der Waals surface area contributed by atoms with Crippen molar-refractivity contribution in [3.8, 4) is 5.75 Å². The zero-order valence-electron chi connectivity index (χ0n) is 12.1. The van der Waals surface area contributed by atoms with Crippen LogP contribution in [0.5, 0.6) is 5.75 Å². The Labute approximate surface area is 150 Å². The van der Waals surface area contributed by atoms with Crippen LogP contribution in [0.3, 0.4) is 0 Å². The summed E-state index contributed by atoms with van der Waals surface area (Å²) in [6.07, 6.45) is 1.23. The van der Waals surface area contributed by atoms with Crippen LogP contribution in [0.4, 0.5) is 5.69 Å². The molecule has 1 amide bonds. The molecule has 0 aromatic heterocycles. The third kappa shape index (κ3) is 5.32. The van der Waals surface area contributed by atoms with E-state index in [1.54, 1.807) is 18.2 Å². The van der Waals surface area contributed by atoms with Crippen molar-refractivity contribution in [1.82, 2.24) is 5.43 Å². The quantitative estimate of drug-likeness (QED) is 0.446. The molecule has 9 heteroatoms. The number of nitrogens with one attached hydrogen (secondary N) is 1. The number of nitro groups is 1. The van der Waals surface area contributed by atoms with Crippen LogP contribution in [-0.4, -0.2) is 23.7 Å². The third-order valence-corrected chi connectivity index (χ3v) is 3.59. The molecule has 2 aromatic carbocycles. The van der Waals surface area contributed by atoms with Gasteiger partial charge in [-0.2, -0.15) is 5.10 Å². The van der Waals surface area contributed by atoms with Crippen molar-refractivity contribution in [2.45, 2.75) is 0 Å². The summed E-state index contributed by atoms with van der Waals surface area (Å²) in [5, 5.41) is 14.7. The molecule has 0 saturated heterocycles. The lowest BCUT2D eigenvalue weighted by Crippen LogP contribution is -2.24. The first-order valence-corrected chi connectivity index (χ1v) is 7.77. The van der Waals surface area contributed by atoms with Crippen LogP contribution in [0.15, 0.2) is 52.0 Å². The van der Waals surface area contributed by atoms with Gasteiger partial charge in [0.15, 0.2) is 6.61 Å². The number of ether oxygens (including phenoxy) is 1. The Balaban J connectivity index is 1.90. The van der Waals surface area contributed by atoms with Gasteiger partial charge in [0.2, 0.25) is 0 Å². The lowest BCUT2D eigenvalue weighted by molar-refractivity contribution is -0.384. The summed E-state index contributed by atoms with van der Waals surface area (Å²) in [4.78, 5) is 21.8. The van der Waals surface area contributed by atoms with Gasteiger partial charge in [-0.25, -0.2) is 5.43 Å². The van der Waals surface area contributed by atoms with Crippen LogP contribution in [-0.2, 0) is 4.79 Å². The number of rotatable bonds is 6. The molecular formula is C15H11BrClN3O4. The van der Waals surface area contributed by atoms with Gasteiger partial charge >= 0.3 is 0 Å². The fraction of sp³-hybridized carbons (Fsp3) is 0.0667. The number of non-ortho nitro benzene ring substituents is 1. The van der Waals surface area contributed by atoms with Crippen LogP contribution >= 0.6 is 27.5 Å². The van der Waals surface area contributed by atoms with E-state index in [0.717, 1.165) is 4.47 Å². The number of nitro benzene ring substituents is 1. The molecule has 0 saturated carbocycles. The fourth-order valence-electron chi connectivity index (χ4n) is 1.66. The van der Waals surface area contributed by atoms with E-state index in [2.05, 4.69) is 26.5 Å². The molecule has 0 spiro atoms. The smallest absolute Gasteiger partial charge is 0.277 e. The van der Waals surface area contributed by atoms with Gasteiger partial charge in [0.25, 0.3) is 11.6 Å². The molecule has 2 aromatic rings. The highest BCUT2D eigenvalue weighted by molar-refractivity contribution is 9.10. The molecule has 0 aliphatic rings. The predicted octanol–water partition coefficient (Wildman–Crippen LogP) is 3.54. The van der Waals surface area contributed by atoms with E-state index in [-0.39, 0.29) is 17.3 Å². The number of nitrogens with zero attached hydrogens (tertiary/aromatic N) is 2. The normalized spacial score (nSPS) is 10.6. The zero-order chi connectivity index (χ0) is 17.5. The van der Waals surface area contributed by atoms with Gasteiger partial charge < -0.3 is 4.74 Å². The van der Waals surface area contributed by atoms with Crippen LogP contribution in [0.2, 0.25) is 5.02 Å². The summed E-state index contributed by atoms with van der Waals surface area (Å²) in [5.41, 5.74) is 2.46. The van der Waals surface area contributed by atoms with E-state index < -0.39 is 10.8 Å². The molecule has 0 bridgehead atoms. The summed E-state index contributed by atoms with van der Waals surface area (Å²) in [7, 11) is 0. The molecule has 0 fully saturated rings. The molecule has 0 aliphatic carbocycles. The maximum Gasteiger partial charge on any atom is 0.277 e. The van der Waals surface area contributed by atoms with Crippen LogP contribution < -0.4 is 10.2 Å². The Morgan fingerprint density at radius 1 is 1.38 bits per heavy atom. The van der Waals surface area contributed by atoms with Crippen molar-refractivity contribution in [1.29, 1.82) is 0 Å². The van der Waals surface area contributed by atoms with Crippen LogP contribution in [0.25, 0.3) is 0 Å². The highest BCUT2D eigenvalue weighted by atomic mass is 79.9. The Morgan fingerprint density at radius 3 is 2.88 bits per heavy atom. The van der Waals surface area contributed by atoms with Crippen molar-refractivity contribution in [3.05, 3.63) is 67.6 Å². The molecule has 124 valence electrons. The minimum absolute atomic E-state index is 0.120. The second kappa shape index (κ2) is 8.42. The topological polar surface area (TPSA) is 93.8 Å². The maximum absolute atomic E-state index is 11.6. The summed E-state index contributed by atoms with van der Waals surface area (Å²) >= 11 is 9.21. The van der Waals surface area contributed by atoms with Gasteiger partial charge in [-0.15, -0.1) is 0 Å². The summed E-state index contributed by atoms with van der Waals surface area (Å²) < 4.78 is 6.13. The Morgan fingerprint density at radius 2 is 2.17 bits per heavy atom. The van der Waals surface area contributed by atoms with Crippen LogP contribution in [0.1, 0.15) is 5.56 Å². The number of carbonyl (C=O) groups is 1. The van der Waals surface area contributed by atoms with Crippen molar-refractivity contribution in [2.75, 3.05) is 6.61 Å². The molecule has 1 N–H and O–H groups in total. The van der Waals surface area contributed by atoms with E-state index in [1.807, 2.05) is 6.07 Å². The fourth-order valence-corrected chi connectivity index (χ4v) is 2.20. The number of hydrogen-bond donors (Lipinski definition) is 1. The first kappa shape index (κ1) is 17.9. The van der Waals surface area contributed by atoms with Gasteiger partial charge in [-0.05, 0) is 24.3 Å². The summed E-state index contributed by atoms with van der Waals surface area (Å²) in [5.74, 6) is 0.0537. The third-order valence-electron chi connectivity index (χ3n) is 2.75. The molecular weight excluding hydrogens is 402 g/mol. The average molecular weight is 413 g/mol. The van der Waals surface area contributed by atoms with E-state index in [1.165, 1.54) is 24.4 Å². The van der Waals surface area contributed by atoms with Gasteiger partial charge in [-0.3, -0.25) is 14.9 Å². The van der Waals surface area contributed by atoms with Gasteiger partial charge in [0, 0.05) is 27.2 Å². The number of hydrogen-bond acceptors (Lipinski definition) is 5. The van der Waals surface area contributed by atoms with Crippen molar-refractivity contribution in [3.63, 3.8) is 0 Å². The minimum atomic E-state index is -0.544. The second-order valence-corrected chi connectivity index (χ2v) is 5.83. The van der Waals surface area contributed by atoms with E-state index in [0.29, 0.717) is 11.3 Å². The number of benzene rings is 2. The van der Waals surface area contributed by atoms with Crippen LogP contribution in [0, 0.1) is 10.1 Å². The first-order valence-electron chi connectivity index (χ1n) is 6.60. The number of amides is 1. The van der Waals surface area contributed by atoms with Gasteiger partial charge in [0.05, 0.1) is 11.1 Å². The standard InChI is InChI=1S/C15H11BrClN3O4/c16-11-2-1-3-13(7-11)24-9-15(21)19-18-8-10-6-12(20(22)23)4-5-14(10)17/h1-8H,9H2,(H,19,21)/b18-8+. The van der Waals surface area contributed by atoms with E-state index in [4.69, 9.17) is 16.3 Å². The molecule has 7 nitrogen and oxygen atoms in total. The van der Waals surface area contributed by atoms with Gasteiger partial charge in [0.1, 0.15) is 5.75 Å². The minimum Gasteiger partial charge on any atom is -0.484 e. The van der Waals surface area contributed by atoms with Crippen molar-refractivity contribution < 1.29 is 14.5 Å². The van der Waals surface area contributed by atoms with Crippen molar-refractivity contribution in [2.24, 2.45) is 5.10 Å². The Kier molecular flexibility index (Phi) is 6.28. The highest BCUT2D eigenvalue weighted by Crippen LogP contribution is 2.20. The Bertz CT molecular complexity index is 798. The zero-order valence-corrected chi connectivity index (χ0v) is 14.5. The monoisotopic (exact) mass is 411 g/mol. The molecule has 0 heterocycles. The predicted molar refractivity (Wildman–Crippen MR) is 93.5 cm³/mol. The number of carbonyl (C=O) groups excluding carboxylic acids is 1. The number of halogens is 2. The maximum atomic E-state index is 11.6. The Hall–Kier alpha value is -2.45. The molecule has 2 rings (SSSR count). The summed E-state index contributed by atoms with van der Waals surface area (Å²) in [6.45, 7) is -0.226. The van der Waals surface area contributed by atoms with E-state index in [9.17, 15) is 14.9 Å². The van der Waals surface area contributed by atoms with Gasteiger partial charge in [-0.1, -0.05) is 33.6 Å². The molecule has 0 atom stereocenters. The number of hydrazone groups is 1. The largest absolute Gasteiger partial charge is 0.484 e. The van der Waals surface area contributed by atoms with Crippen molar-refractivity contribution >= 4 is 45.3 Å². The highest BCUT2D eigenvalue weighted by Gasteiger charge is 2.08. The first-order chi connectivity index (χ1) is 11.5. The average Bonchev–Trinajstić information content (AvgIpc) is 2.54.